The second kappa shape index (κ2) is 6.36. The number of aldehydes is 1. The fraction of sp³-hybridized carbons (Fsp3) is 0.462. The van der Waals surface area contributed by atoms with Crippen molar-refractivity contribution in [2.45, 2.75) is 25.7 Å². The number of halogens is 6. The average Bonchev–Trinajstić information content (AvgIpc) is 2.35. The second-order valence-electron chi connectivity index (χ2n) is 4.42. The van der Waals surface area contributed by atoms with Crippen molar-refractivity contribution in [1.29, 1.82) is 0 Å². The van der Waals surface area contributed by atoms with E-state index in [1.807, 2.05) is 0 Å². The summed E-state index contributed by atoms with van der Waals surface area (Å²) in [6.07, 6.45) is -8.97. The topological polar surface area (TPSA) is 20.3 Å². The third-order valence-corrected chi connectivity index (χ3v) is 2.70. The summed E-state index contributed by atoms with van der Waals surface area (Å²) in [6, 6.07) is 2.54. The van der Waals surface area contributed by atoms with Crippen LogP contribution in [-0.2, 0) is 6.18 Å². The van der Waals surface area contributed by atoms with E-state index in [9.17, 15) is 31.1 Å². The Morgan fingerprint density at radius 2 is 1.76 bits per heavy atom. The number of hydrogen-bond acceptors (Lipinski definition) is 2. The molecule has 0 aromatic heterocycles. The SMILES string of the molecule is CCCN(CC(F)(F)F)c1ccc(C=O)c(C(F)(F)F)c1. The van der Waals surface area contributed by atoms with Crippen molar-refractivity contribution in [2.75, 3.05) is 18.0 Å². The minimum atomic E-state index is -4.80. The smallest absolute Gasteiger partial charge is 0.363 e. The number of carbonyl (C=O) groups excluding carboxylic acids is 1. The molecule has 0 saturated heterocycles. The highest BCUT2D eigenvalue weighted by Crippen LogP contribution is 2.34. The van der Waals surface area contributed by atoms with E-state index in [4.69, 9.17) is 0 Å². The first kappa shape index (κ1) is 17.3. The summed E-state index contributed by atoms with van der Waals surface area (Å²) in [7, 11) is 0. The summed E-state index contributed by atoms with van der Waals surface area (Å²) in [6.45, 7) is 0.226. The largest absolute Gasteiger partial charge is 0.417 e. The molecule has 0 bridgehead atoms. The van der Waals surface area contributed by atoms with Crippen molar-refractivity contribution in [3.8, 4) is 0 Å². The van der Waals surface area contributed by atoms with Crippen LogP contribution in [0.1, 0.15) is 29.3 Å². The molecule has 0 heterocycles. The second-order valence-corrected chi connectivity index (χ2v) is 4.42. The number of hydrogen-bond donors (Lipinski definition) is 0. The van der Waals surface area contributed by atoms with Gasteiger partial charge < -0.3 is 4.90 Å². The Morgan fingerprint density at radius 1 is 1.14 bits per heavy atom. The maximum atomic E-state index is 12.8. The predicted molar refractivity (Wildman–Crippen MR) is 65.4 cm³/mol. The van der Waals surface area contributed by atoms with Crippen LogP contribution in [0.3, 0.4) is 0 Å². The van der Waals surface area contributed by atoms with Gasteiger partial charge in [0.25, 0.3) is 0 Å². The summed E-state index contributed by atoms with van der Waals surface area (Å²) in [5.74, 6) is 0. The van der Waals surface area contributed by atoms with Gasteiger partial charge in [-0.2, -0.15) is 26.3 Å². The van der Waals surface area contributed by atoms with Crippen molar-refractivity contribution in [1.82, 2.24) is 0 Å². The van der Waals surface area contributed by atoms with Crippen molar-refractivity contribution in [3.63, 3.8) is 0 Å². The van der Waals surface area contributed by atoms with Crippen LogP contribution in [0.2, 0.25) is 0 Å². The minimum Gasteiger partial charge on any atom is -0.363 e. The average molecular weight is 313 g/mol. The predicted octanol–water partition coefficient (Wildman–Crippen LogP) is 4.30. The first-order chi connectivity index (χ1) is 9.58. The lowest BCUT2D eigenvalue weighted by molar-refractivity contribution is -0.137. The fourth-order valence-electron chi connectivity index (χ4n) is 1.88. The van der Waals surface area contributed by atoms with Crippen LogP contribution in [0, 0.1) is 0 Å². The Bertz CT molecular complexity index is 494. The summed E-state index contributed by atoms with van der Waals surface area (Å²) >= 11 is 0. The molecule has 1 aromatic carbocycles. The van der Waals surface area contributed by atoms with E-state index in [0.717, 1.165) is 17.0 Å². The van der Waals surface area contributed by atoms with Crippen molar-refractivity contribution in [2.24, 2.45) is 0 Å². The van der Waals surface area contributed by atoms with Crippen LogP contribution in [0.25, 0.3) is 0 Å². The normalized spacial score (nSPS) is 12.3. The van der Waals surface area contributed by atoms with Crippen LogP contribution in [0.4, 0.5) is 32.0 Å². The molecule has 0 saturated carbocycles. The first-order valence-corrected chi connectivity index (χ1v) is 6.06. The van der Waals surface area contributed by atoms with E-state index in [1.54, 1.807) is 6.92 Å². The lowest BCUT2D eigenvalue weighted by Gasteiger charge is -2.26. The van der Waals surface area contributed by atoms with Gasteiger partial charge >= 0.3 is 12.4 Å². The fourth-order valence-corrected chi connectivity index (χ4v) is 1.88. The molecule has 0 amide bonds. The Morgan fingerprint density at radius 3 is 2.19 bits per heavy atom. The van der Waals surface area contributed by atoms with Gasteiger partial charge in [-0.05, 0) is 24.6 Å². The third-order valence-electron chi connectivity index (χ3n) is 2.70. The van der Waals surface area contributed by atoms with Gasteiger partial charge in [-0.1, -0.05) is 6.92 Å². The van der Waals surface area contributed by atoms with Crippen LogP contribution in [0.5, 0.6) is 0 Å². The zero-order chi connectivity index (χ0) is 16.3. The van der Waals surface area contributed by atoms with E-state index in [2.05, 4.69) is 0 Å². The lowest BCUT2D eigenvalue weighted by atomic mass is 10.1. The van der Waals surface area contributed by atoms with Gasteiger partial charge in [0.05, 0.1) is 5.56 Å². The Kier molecular flexibility index (Phi) is 5.25. The van der Waals surface area contributed by atoms with Crippen molar-refractivity contribution >= 4 is 12.0 Å². The molecule has 0 atom stereocenters. The third kappa shape index (κ3) is 4.95. The highest BCUT2D eigenvalue weighted by Gasteiger charge is 2.35. The molecule has 0 aliphatic carbocycles. The molecular formula is C13H13F6NO. The number of carbonyl (C=O) groups is 1. The molecule has 21 heavy (non-hydrogen) atoms. The molecule has 0 aliphatic heterocycles. The summed E-state index contributed by atoms with van der Waals surface area (Å²) in [5, 5.41) is 0. The quantitative estimate of drug-likeness (QED) is 0.597. The molecule has 0 radical (unpaired) electrons. The Labute approximate surface area is 117 Å². The van der Waals surface area contributed by atoms with Crippen molar-refractivity contribution < 1.29 is 31.1 Å². The highest BCUT2D eigenvalue weighted by molar-refractivity contribution is 5.79. The van der Waals surface area contributed by atoms with Crippen molar-refractivity contribution in [3.05, 3.63) is 29.3 Å². The molecule has 118 valence electrons. The van der Waals surface area contributed by atoms with Crippen LogP contribution >= 0.6 is 0 Å². The molecular weight excluding hydrogens is 300 g/mol. The van der Waals surface area contributed by atoms with E-state index in [0.29, 0.717) is 12.5 Å². The zero-order valence-electron chi connectivity index (χ0n) is 11.1. The highest BCUT2D eigenvalue weighted by atomic mass is 19.4. The molecule has 0 spiro atoms. The minimum absolute atomic E-state index is 0.0283. The summed E-state index contributed by atoms with van der Waals surface area (Å²) < 4.78 is 75.8. The Balaban J connectivity index is 3.24. The molecule has 1 aromatic rings. The number of rotatable bonds is 5. The summed E-state index contributed by atoms with van der Waals surface area (Å²) in [5.41, 5.74) is -2.06. The molecule has 1 rings (SSSR count). The van der Waals surface area contributed by atoms with Crippen LogP contribution in [0.15, 0.2) is 18.2 Å². The molecule has 8 heteroatoms. The van der Waals surface area contributed by atoms with Gasteiger partial charge in [0, 0.05) is 17.8 Å². The van der Waals surface area contributed by atoms with Gasteiger partial charge in [-0.15, -0.1) is 0 Å². The van der Waals surface area contributed by atoms with E-state index >= 15 is 0 Å². The van der Waals surface area contributed by atoms with Gasteiger partial charge in [0.1, 0.15) is 6.54 Å². The molecule has 2 nitrogen and oxygen atoms in total. The van der Waals surface area contributed by atoms with Gasteiger partial charge in [-0.25, -0.2) is 0 Å². The van der Waals surface area contributed by atoms with Gasteiger partial charge in [-0.3, -0.25) is 4.79 Å². The first-order valence-electron chi connectivity index (χ1n) is 6.06. The number of benzene rings is 1. The van der Waals surface area contributed by atoms with Crippen LogP contribution < -0.4 is 4.90 Å². The maximum Gasteiger partial charge on any atom is 0.417 e. The standard InChI is InChI=1S/C13H13F6NO/c1-2-5-20(8-12(14,15)16)10-4-3-9(7-21)11(6-10)13(17,18)19/h3-4,6-7H,2,5,8H2,1H3. The van der Waals surface area contributed by atoms with Gasteiger partial charge in [0.2, 0.25) is 0 Å². The van der Waals surface area contributed by atoms with Gasteiger partial charge in [0.15, 0.2) is 6.29 Å². The molecule has 0 fully saturated rings. The Hall–Kier alpha value is -1.73. The molecule has 0 aliphatic rings. The van der Waals surface area contributed by atoms with E-state index in [-0.39, 0.29) is 18.5 Å². The molecule has 0 unspecified atom stereocenters. The summed E-state index contributed by atoms with van der Waals surface area (Å²) in [4.78, 5) is 11.4. The van der Waals surface area contributed by atoms with E-state index < -0.39 is 30.0 Å². The number of anilines is 1. The van der Waals surface area contributed by atoms with Crippen LogP contribution in [-0.4, -0.2) is 25.6 Å². The van der Waals surface area contributed by atoms with E-state index in [1.165, 1.54) is 0 Å². The molecule has 0 N–H and O–H groups in total. The maximum absolute atomic E-state index is 12.8. The number of alkyl halides is 6. The zero-order valence-corrected chi connectivity index (χ0v) is 11.1. The monoisotopic (exact) mass is 313 g/mol. The lowest BCUT2D eigenvalue weighted by Crippen LogP contribution is -2.35. The number of nitrogens with zero attached hydrogens (tertiary/aromatic N) is 1.